The zero-order valence-electron chi connectivity index (χ0n) is 20.6. The van der Waals surface area contributed by atoms with E-state index in [0.29, 0.717) is 43.6 Å². The minimum absolute atomic E-state index is 0.0878. The first-order valence-electron chi connectivity index (χ1n) is 12.4. The summed E-state index contributed by atoms with van der Waals surface area (Å²) in [7, 11) is -3.61. The molecule has 7 heteroatoms. The molecule has 184 valence electrons. The van der Waals surface area contributed by atoms with Crippen molar-refractivity contribution < 1.29 is 13.2 Å². The molecule has 2 aromatic rings. The number of carbonyl (C=O) groups is 1. The number of hydrogen-bond donors (Lipinski definition) is 0. The number of rotatable bonds is 5. The van der Waals surface area contributed by atoms with Gasteiger partial charge in [-0.05, 0) is 60.9 Å². The summed E-state index contributed by atoms with van der Waals surface area (Å²) < 4.78 is 28.2. The zero-order valence-corrected chi connectivity index (χ0v) is 21.4. The fourth-order valence-corrected chi connectivity index (χ4v) is 7.01. The van der Waals surface area contributed by atoms with Gasteiger partial charge in [0.2, 0.25) is 10.0 Å². The standard InChI is InChI=1S/C27H37N3O3S/c1-21-16-22(2)19-30(18-21)34(32,33)26-11-6-10-24(17-26)27(31)29-13-7-12-28(14-15-29)20-25-9-5-4-8-23(25)3/h4-6,8-11,17,21-22H,7,12-16,18-20H2,1-3H3. The molecule has 2 aromatic carbocycles. The molecular formula is C27H37N3O3S. The van der Waals surface area contributed by atoms with Crippen molar-refractivity contribution in [3.05, 3.63) is 65.2 Å². The number of piperidine rings is 1. The van der Waals surface area contributed by atoms with Crippen LogP contribution >= 0.6 is 0 Å². The van der Waals surface area contributed by atoms with E-state index in [4.69, 9.17) is 0 Å². The highest BCUT2D eigenvalue weighted by molar-refractivity contribution is 7.89. The maximum Gasteiger partial charge on any atom is 0.253 e. The Hall–Kier alpha value is -2.22. The van der Waals surface area contributed by atoms with E-state index in [1.807, 2.05) is 4.90 Å². The van der Waals surface area contributed by atoms with E-state index in [1.54, 1.807) is 28.6 Å². The lowest BCUT2D eigenvalue weighted by Gasteiger charge is -2.34. The van der Waals surface area contributed by atoms with Gasteiger partial charge in [0, 0.05) is 51.4 Å². The molecule has 4 rings (SSSR count). The molecule has 2 aliphatic heterocycles. The van der Waals surface area contributed by atoms with Gasteiger partial charge in [-0.1, -0.05) is 44.2 Å². The molecule has 2 unspecified atom stereocenters. The van der Waals surface area contributed by atoms with Gasteiger partial charge in [0.15, 0.2) is 0 Å². The minimum Gasteiger partial charge on any atom is -0.337 e. The van der Waals surface area contributed by atoms with E-state index in [0.717, 1.165) is 32.5 Å². The molecule has 2 atom stereocenters. The van der Waals surface area contributed by atoms with Gasteiger partial charge in [-0.3, -0.25) is 9.69 Å². The molecule has 0 radical (unpaired) electrons. The van der Waals surface area contributed by atoms with Crippen molar-refractivity contribution in [2.24, 2.45) is 11.8 Å². The number of carbonyl (C=O) groups excluding carboxylic acids is 1. The second kappa shape index (κ2) is 10.6. The molecule has 0 bridgehead atoms. The predicted molar refractivity (Wildman–Crippen MR) is 135 cm³/mol. The van der Waals surface area contributed by atoms with Gasteiger partial charge in [0.05, 0.1) is 4.90 Å². The van der Waals surface area contributed by atoms with Crippen LogP contribution in [0, 0.1) is 18.8 Å². The van der Waals surface area contributed by atoms with Gasteiger partial charge in [0.1, 0.15) is 0 Å². The lowest BCUT2D eigenvalue weighted by Crippen LogP contribution is -2.42. The molecule has 1 amide bonds. The van der Waals surface area contributed by atoms with Crippen molar-refractivity contribution in [3.8, 4) is 0 Å². The van der Waals surface area contributed by atoms with Crippen LogP contribution < -0.4 is 0 Å². The average molecular weight is 484 g/mol. The number of amides is 1. The van der Waals surface area contributed by atoms with Gasteiger partial charge >= 0.3 is 0 Å². The summed E-state index contributed by atoms with van der Waals surface area (Å²) in [4.78, 5) is 17.8. The Bertz CT molecular complexity index is 1110. The van der Waals surface area contributed by atoms with Crippen molar-refractivity contribution in [3.63, 3.8) is 0 Å². The Morgan fingerprint density at radius 2 is 1.68 bits per heavy atom. The molecular weight excluding hydrogens is 446 g/mol. The average Bonchev–Trinajstić information content (AvgIpc) is 3.05. The molecule has 2 heterocycles. The quantitative estimate of drug-likeness (QED) is 0.645. The summed E-state index contributed by atoms with van der Waals surface area (Å²) in [5, 5.41) is 0. The van der Waals surface area contributed by atoms with E-state index in [1.165, 1.54) is 11.1 Å². The second-order valence-electron chi connectivity index (χ2n) is 10.1. The highest BCUT2D eigenvalue weighted by Crippen LogP contribution is 2.27. The highest BCUT2D eigenvalue weighted by atomic mass is 32.2. The number of hydrogen-bond acceptors (Lipinski definition) is 4. The normalized spacial score (nSPS) is 23.0. The molecule has 2 aliphatic rings. The van der Waals surface area contributed by atoms with Crippen molar-refractivity contribution in [1.82, 2.24) is 14.1 Å². The van der Waals surface area contributed by atoms with Gasteiger partial charge in [-0.25, -0.2) is 8.42 Å². The monoisotopic (exact) mass is 483 g/mol. The molecule has 34 heavy (non-hydrogen) atoms. The predicted octanol–water partition coefficient (Wildman–Crippen LogP) is 4.01. The molecule has 0 N–H and O–H groups in total. The van der Waals surface area contributed by atoms with Crippen LogP contribution in [-0.4, -0.2) is 67.7 Å². The minimum atomic E-state index is -3.61. The Morgan fingerprint density at radius 1 is 0.941 bits per heavy atom. The summed E-state index contributed by atoms with van der Waals surface area (Å²) in [5.41, 5.74) is 3.06. The smallest absolute Gasteiger partial charge is 0.253 e. The van der Waals surface area contributed by atoms with E-state index < -0.39 is 10.0 Å². The van der Waals surface area contributed by atoms with Crippen LogP contribution in [-0.2, 0) is 16.6 Å². The van der Waals surface area contributed by atoms with Gasteiger partial charge in [-0.15, -0.1) is 0 Å². The van der Waals surface area contributed by atoms with Crippen molar-refractivity contribution in [2.45, 2.75) is 45.1 Å². The summed E-state index contributed by atoms with van der Waals surface area (Å²) in [5.74, 6) is 0.585. The molecule has 0 aromatic heterocycles. The van der Waals surface area contributed by atoms with Crippen LogP contribution in [0.4, 0.5) is 0 Å². The molecule has 0 spiro atoms. The summed E-state index contributed by atoms with van der Waals surface area (Å²) in [6.07, 6.45) is 1.94. The van der Waals surface area contributed by atoms with Crippen molar-refractivity contribution in [2.75, 3.05) is 39.3 Å². The van der Waals surface area contributed by atoms with Crippen LogP contribution in [0.3, 0.4) is 0 Å². The van der Waals surface area contributed by atoms with E-state index in [-0.39, 0.29) is 10.8 Å². The maximum atomic E-state index is 13.3. The fraction of sp³-hybridized carbons (Fsp3) is 0.519. The third-order valence-electron chi connectivity index (χ3n) is 7.09. The van der Waals surface area contributed by atoms with Gasteiger partial charge in [-0.2, -0.15) is 4.31 Å². The van der Waals surface area contributed by atoms with Crippen LogP contribution in [0.15, 0.2) is 53.4 Å². The van der Waals surface area contributed by atoms with E-state index in [9.17, 15) is 13.2 Å². The molecule has 6 nitrogen and oxygen atoms in total. The van der Waals surface area contributed by atoms with Crippen LogP contribution in [0.5, 0.6) is 0 Å². The Kier molecular flexibility index (Phi) is 7.75. The lowest BCUT2D eigenvalue weighted by molar-refractivity contribution is 0.0761. The largest absolute Gasteiger partial charge is 0.337 e. The number of nitrogens with zero attached hydrogens (tertiary/aromatic N) is 3. The fourth-order valence-electron chi connectivity index (χ4n) is 5.28. The Labute approximate surface area is 204 Å². The zero-order chi connectivity index (χ0) is 24.3. The summed E-state index contributed by atoms with van der Waals surface area (Å²) in [6, 6.07) is 15.0. The highest BCUT2D eigenvalue weighted by Gasteiger charge is 2.32. The van der Waals surface area contributed by atoms with Crippen molar-refractivity contribution >= 4 is 15.9 Å². The van der Waals surface area contributed by atoms with Crippen LogP contribution in [0.1, 0.15) is 48.2 Å². The first kappa shape index (κ1) is 24.9. The molecule has 2 saturated heterocycles. The number of benzene rings is 2. The first-order valence-corrected chi connectivity index (χ1v) is 13.8. The van der Waals surface area contributed by atoms with Crippen LogP contribution in [0.25, 0.3) is 0 Å². The first-order chi connectivity index (χ1) is 16.2. The molecule has 0 saturated carbocycles. The third kappa shape index (κ3) is 5.70. The number of sulfonamides is 1. The summed E-state index contributed by atoms with van der Waals surface area (Å²) in [6.45, 7) is 11.4. The van der Waals surface area contributed by atoms with Gasteiger partial charge < -0.3 is 4.90 Å². The SMILES string of the molecule is Cc1ccccc1CN1CCCN(C(=O)c2cccc(S(=O)(=O)N3CC(C)CC(C)C3)c2)CC1. The van der Waals surface area contributed by atoms with Crippen molar-refractivity contribution in [1.29, 1.82) is 0 Å². The van der Waals surface area contributed by atoms with E-state index >= 15 is 0 Å². The third-order valence-corrected chi connectivity index (χ3v) is 8.91. The Balaban J connectivity index is 1.44. The van der Waals surface area contributed by atoms with E-state index in [2.05, 4.69) is 49.9 Å². The maximum absolute atomic E-state index is 13.3. The molecule has 2 fully saturated rings. The summed E-state index contributed by atoms with van der Waals surface area (Å²) >= 11 is 0. The van der Waals surface area contributed by atoms with Crippen LogP contribution in [0.2, 0.25) is 0 Å². The second-order valence-corrected chi connectivity index (χ2v) is 12.1. The van der Waals surface area contributed by atoms with Gasteiger partial charge in [0.25, 0.3) is 5.91 Å². The lowest BCUT2D eigenvalue weighted by atomic mass is 9.94. The number of aryl methyl sites for hydroxylation is 1. The Morgan fingerprint density at radius 3 is 2.41 bits per heavy atom. The topological polar surface area (TPSA) is 60.9 Å². The molecule has 0 aliphatic carbocycles.